The molecule has 0 saturated carbocycles. The smallest absolute Gasteiger partial charge is 0.295 e. The second kappa shape index (κ2) is 11.8. The number of carbonyl (C=O) groups is 2. The molecule has 2 aromatic rings. The van der Waals surface area contributed by atoms with Crippen LogP contribution in [-0.2, 0) is 9.59 Å². The van der Waals surface area contributed by atoms with Gasteiger partial charge in [-0.15, -0.1) is 0 Å². The number of hydrogen-bond acceptors (Lipinski definition) is 6. The number of amides is 2. The molecule has 1 aromatic carbocycles. The SMILES string of the molecule is CC(=O)NNc1nc(C)c(C(/C=C/c2ccc(Cl)cc2)=N\NC(=O)C[N+](C)(C)C)s1.[Cl-]. The van der Waals surface area contributed by atoms with Crippen LogP contribution in [0.1, 0.15) is 23.1 Å². The van der Waals surface area contributed by atoms with Gasteiger partial charge in [-0.1, -0.05) is 41.1 Å². The number of aryl methyl sites for hydroxylation is 1. The van der Waals surface area contributed by atoms with Gasteiger partial charge in [0.1, 0.15) is 5.71 Å². The van der Waals surface area contributed by atoms with Gasteiger partial charge in [0.25, 0.3) is 5.91 Å². The highest BCUT2D eigenvalue weighted by atomic mass is 35.5. The lowest BCUT2D eigenvalue weighted by molar-refractivity contribution is -0.862. The number of halogens is 2. The predicted octanol–water partition coefficient (Wildman–Crippen LogP) is -0.188. The van der Waals surface area contributed by atoms with E-state index in [-0.39, 0.29) is 30.8 Å². The molecule has 0 aliphatic rings. The number of thiazole rings is 1. The van der Waals surface area contributed by atoms with Gasteiger partial charge in [0.2, 0.25) is 11.0 Å². The van der Waals surface area contributed by atoms with Crippen LogP contribution in [0, 0.1) is 6.92 Å². The van der Waals surface area contributed by atoms with E-state index < -0.39 is 0 Å². The standard InChI is InChI=1S/C20H25ClN6O2S.ClH/c1-13-19(30-20(22-13)26-23-14(2)28)17(24-25-18(29)12-27(3,4)5)11-8-15-6-9-16(21)10-7-15;/h6-11H,12H2,1-5H3,(H2-,22,23,24,25,26,28,29);1H/b11-8+;. The zero-order chi connectivity index (χ0) is 22.3. The van der Waals surface area contributed by atoms with Crippen LogP contribution >= 0.6 is 22.9 Å². The van der Waals surface area contributed by atoms with Crippen molar-refractivity contribution >= 4 is 51.7 Å². The van der Waals surface area contributed by atoms with Gasteiger partial charge < -0.3 is 16.9 Å². The minimum atomic E-state index is -0.228. The fraction of sp³-hybridized carbons (Fsp3) is 0.300. The number of benzene rings is 1. The summed E-state index contributed by atoms with van der Waals surface area (Å²) in [4.78, 5) is 28.5. The lowest BCUT2D eigenvalue weighted by atomic mass is 10.1. The van der Waals surface area contributed by atoms with Gasteiger partial charge in [0.15, 0.2) is 6.54 Å². The van der Waals surface area contributed by atoms with Crippen molar-refractivity contribution in [2.24, 2.45) is 5.10 Å². The topological polar surface area (TPSA) is 95.5 Å². The van der Waals surface area contributed by atoms with Crippen LogP contribution in [0.3, 0.4) is 0 Å². The summed E-state index contributed by atoms with van der Waals surface area (Å²) in [6, 6.07) is 7.37. The number of hydrazone groups is 1. The molecule has 8 nitrogen and oxygen atoms in total. The molecule has 0 fully saturated rings. The quantitative estimate of drug-likeness (QED) is 0.275. The lowest BCUT2D eigenvalue weighted by Crippen LogP contribution is -3.00. The van der Waals surface area contributed by atoms with E-state index in [9.17, 15) is 9.59 Å². The summed E-state index contributed by atoms with van der Waals surface area (Å²) in [6.45, 7) is 3.53. The van der Waals surface area contributed by atoms with E-state index in [1.54, 1.807) is 18.2 Å². The summed E-state index contributed by atoms with van der Waals surface area (Å²) < 4.78 is 0.488. The molecule has 0 aliphatic heterocycles. The Hall–Kier alpha value is -2.46. The number of nitrogens with zero attached hydrogens (tertiary/aromatic N) is 3. The molecule has 2 amide bonds. The number of hydrazine groups is 1. The highest BCUT2D eigenvalue weighted by molar-refractivity contribution is 7.17. The fourth-order valence-electron chi connectivity index (χ4n) is 2.33. The van der Waals surface area contributed by atoms with Crippen molar-refractivity contribution in [1.29, 1.82) is 0 Å². The van der Waals surface area contributed by atoms with Crippen molar-refractivity contribution in [3.63, 3.8) is 0 Å². The summed E-state index contributed by atoms with van der Waals surface area (Å²) in [6.07, 6.45) is 3.68. The Kier molecular flexibility index (Phi) is 10.1. The molecule has 11 heteroatoms. The first-order valence-corrected chi connectivity index (χ1v) is 10.3. The first-order chi connectivity index (χ1) is 14.0. The molecule has 2 rings (SSSR count). The van der Waals surface area contributed by atoms with E-state index >= 15 is 0 Å². The van der Waals surface area contributed by atoms with Gasteiger partial charge in [0, 0.05) is 11.9 Å². The highest BCUT2D eigenvalue weighted by Gasteiger charge is 2.16. The van der Waals surface area contributed by atoms with Crippen molar-refractivity contribution in [3.8, 4) is 0 Å². The Bertz CT molecular complexity index is 965. The summed E-state index contributed by atoms with van der Waals surface area (Å²) in [5.41, 5.74) is 10.1. The third-order valence-corrected chi connectivity index (χ3v) is 4.94. The van der Waals surface area contributed by atoms with E-state index in [1.807, 2.05) is 46.3 Å². The number of quaternary nitrogens is 1. The van der Waals surface area contributed by atoms with Crippen molar-refractivity contribution < 1.29 is 26.5 Å². The van der Waals surface area contributed by atoms with Crippen LogP contribution in [0.15, 0.2) is 35.4 Å². The average Bonchev–Trinajstić information content (AvgIpc) is 3.00. The second-order valence-electron chi connectivity index (χ2n) is 7.61. The van der Waals surface area contributed by atoms with E-state index in [4.69, 9.17) is 11.6 Å². The van der Waals surface area contributed by atoms with Gasteiger partial charge in [-0.25, -0.2) is 10.4 Å². The third kappa shape index (κ3) is 9.48. The van der Waals surface area contributed by atoms with Crippen LogP contribution in [0.5, 0.6) is 0 Å². The summed E-state index contributed by atoms with van der Waals surface area (Å²) >= 11 is 7.26. The van der Waals surface area contributed by atoms with E-state index in [2.05, 4.69) is 26.4 Å². The number of aromatic nitrogens is 1. The third-order valence-electron chi connectivity index (χ3n) is 3.60. The normalized spacial score (nSPS) is 11.7. The molecule has 0 spiro atoms. The molecule has 168 valence electrons. The first-order valence-electron chi connectivity index (χ1n) is 9.14. The van der Waals surface area contributed by atoms with Gasteiger partial charge in [-0.3, -0.25) is 20.4 Å². The van der Waals surface area contributed by atoms with Crippen molar-refractivity contribution in [2.45, 2.75) is 13.8 Å². The van der Waals surface area contributed by atoms with Gasteiger partial charge >= 0.3 is 0 Å². The molecule has 0 radical (unpaired) electrons. The van der Waals surface area contributed by atoms with E-state index in [0.29, 0.717) is 26.0 Å². The number of allylic oxidation sites excluding steroid dienone is 1. The summed E-state index contributed by atoms with van der Waals surface area (Å²) in [5, 5.41) is 5.50. The Morgan fingerprint density at radius 1 is 1.23 bits per heavy atom. The highest BCUT2D eigenvalue weighted by Crippen LogP contribution is 2.23. The maximum Gasteiger partial charge on any atom is 0.295 e. The van der Waals surface area contributed by atoms with Crippen molar-refractivity contribution in [2.75, 3.05) is 33.1 Å². The van der Waals surface area contributed by atoms with Crippen LogP contribution in [0.25, 0.3) is 6.08 Å². The molecular formula is C20H26Cl2N6O2S. The molecule has 1 heterocycles. The maximum absolute atomic E-state index is 12.2. The second-order valence-corrected chi connectivity index (χ2v) is 9.04. The molecule has 3 N–H and O–H groups in total. The molecule has 0 unspecified atom stereocenters. The summed E-state index contributed by atoms with van der Waals surface area (Å²) in [7, 11) is 5.79. The van der Waals surface area contributed by atoms with Crippen LogP contribution < -0.4 is 28.7 Å². The van der Waals surface area contributed by atoms with Gasteiger partial charge in [0.05, 0.1) is 31.7 Å². The van der Waals surface area contributed by atoms with E-state index in [1.165, 1.54) is 18.3 Å². The number of nitrogens with one attached hydrogen (secondary N) is 3. The minimum absolute atomic E-state index is 0. The Labute approximate surface area is 197 Å². The van der Waals surface area contributed by atoms with Gasteiger partial charge in [-0.2, -0.15) is 5.10 Å². The van der Waals surface area contributed by atoms with Crippen LogP contribution in [-0.4, -0.2) is 54.7 Å². The number of hydrogen-bond donors (Lipinski definition) is 3. The molecule has 31 heavy (non-hydrogen) atoms. The average molecular weight is 485 g/mol. The monoisotopic (exact) mass is 484 g/mol. The Morgan fingerprint density at radius 3 is 2.45 bits per heavy atom. The minimum Gasteiger partial charge on any atom is -1.00 e. The molecule has 0 aliphatic carbocycles. The molecule has 0 saturated heterocycles. The predicted molar refractivity (Wildman–Crippen MR) is 122 cm³/mol. The number of carbonyl (C=O) groups excluding carboxylic acids is 2. The molecular weight excluding hydrogens is 459 g/mol. The lowest BCUT2D eigenvalue weighted by Gasteiger charge is -2.22. The van der Waals surface area contributed by atoms with Crippen LogP contribution in [0.2, 0.25) is 5.02 Å². The van der Waals surface area contributed by atoms with Crippen molar-refractivity contribution in [3.05, 3.63) is 51.5 Å². The maximum atomic E-state index is 12.2. The Balaban J connectivity index is 0.00000480. The van der Waals surface area contributed by atoms with Crippen molar-refractivity contribution in [1.82, 2.24) is 15.8 Å². The molecule has 1 aromatic heterocycles. The molecule has 0 atom stereocenters. The van der Waals surface area contributed by atoms with Gasteiger partial charge in [-0.05, 0) is 30.7 Å². The number of anilines is 1. The number of rotatable bonds is 8. The largest absolute Gasteiger partial charge is 1.00 e. The van der Waals surface area contributed by atoms with Crippen LogP contribution in [0.4, 0.5) is 5.13 Å². The fourth-order valence-corrected chi connectivity index (χ4v) is 3.35. The van der Waals surface area contributed by atoms with E-state index in [0.717, 1.165) is 10.4 Å². The summed E-state index contributed by atoms with van der Waals surface area (Å²) in [5.74, 6) is -0.424. The molecule has 0 bridgehead atoms. The first kappa shape index (κ1) is 26.6. The zero-order valence-corrected chi connectivity index (χ0v) is 20.3. The zero-order valence-electron chi connectivity index (χ0n) is 18.0. The Morgan fingerprint density at radius 2 is 1.87 bits per heavy atom. The number of likely N-dealkylation sites (N-methyl/N-ethyl adjacent to an activating group) is 1.